The molecular weight excluding hydrogens is 333 g/mol. The Labute approximate surface area is 151 Å². The Morgan fingerprint density at radius 1 is 1.04 bits per heavy atom. The summed E-state index contributed by atoms with van der Waals surface area (Å²) in [5.41, 5.74) is 1.30. The van der Waals surface area contributed by atoms with E-state index >= 15 is 0 Å². The molecule has 2 fully saturated rings. The first kappa shape index (κ1) is 20.2. The molecule has 0 aromatic heterocycles. The first-order valence-electron chi connectivity index (χ1n) is 8.12. The lowest BCUT2D eigenvalue weighted by Crippen LogP contribution is -2.46. The van der Waals surface area contributed by atoms with Crippen LogP contribution in [0.2, 0.25) is 0 Å². The summed E-state index contributed by atoms with van der Waals surface area (Å²) in [6, 6.07) is 10.6. The predicted molar refractivity (Wildman–Crippen MR) is 98.4 cm³/mol. The molecule has 23 heavy (non-hydrogen) atoms. The molecule has 0 radical (unpaired) electrons. The number of carbonyl (C=O) groups is 1. The molecule has 1 N–H and O–H groups in total. The summed E-state index contributed by atoms with van der Waals surface area (Å²) in [5.74, 6) is 0.340. The number of halogens is 2. The Kier molecular flexibility index (Phi) is 8.92. The minimum Gasteiger partial charge on any atom is -0.340 e. The second-order valence-electron chi connectivity index (χ2n) is 6.04. The maximum absolute atomic E-state index is 12.8. The zero-order chi connectivity index (χ0) is 14.5. The quantitative estimate of drug-likeness (QED) is 0.899. The number of nitrogens with one attached hydrogen (secondary N) is 1. The van der Waals surface area contributed by atoms with Crippen LogP contribution in [0.15, 0.2) is 30.3 Å². The van der Waals surface area contributed by atoms with Crippen molar-refractivity contribution in [1.82, 2.24) is 15.1 Å². The average molecular weight is 360 g/mol. The van der Waals surface area contributed by atoms with E-state index in [0.717, 1.165) is 58.5 Å². The third-order valence-corrected chi connectivity index (χ3v) is 4.53. The van der Waals surface area contributed by atoms with Crippen LogP contribution in [0.4, 0.5) is 0 Å². The van der Waals surface area contributed by atoms with Gasteiger partial charge in [0.25, 0.3) is 0 Å². The number of hydrogen-bond acceptors (Lipinski definition) is 3. The van der Waals surface area contributed by atoms with Gasteiger partial charge in [-0.3, -0.25) is 9.69 Å². The van der Waals surface area contributed by atoms with E-state index in [-0.39, 0.29) is 30.9 Å². The van der Waals surface area contributed by atoms with Crippen molar-refractivity contribution in [2.45, 2.75) is 31.8 Å². The highest BCUT2D eigenvalue weighted by molar-refractivity contribution is 5.85. The van der Waals surface area contributed by atoms with Crippen LogP contribution in [0.5, 0.6) is 0 Å². The Bertz CT molecular complexity index is 464. The van der Waals surface area contributed by atoms with Crippen molar-refractivity contribution in [2.75, 3.05) is 32.7 Å². The molecular formula is C17H27Cl2N3O. The van der Waals surface area contributed by atoms with Gasteiger partial charge in [-0.2, -0.15) is 0 Å². The number of benzene rings is 1. The molecule has 0 bridgehead atoms. The van der Waals surface area contributed by atoms with E-state index < -0.39 is 0 Å². The zero-order valence-electron chi connectivity index (χ0n) is 13.4. The van der Waals surface area contributed by atoms with Crippen LogP contribution in [-0.4, -0.2) is 54.5 Å². The topological polar surface area (TPSA) is 35.6 Å². The second-order valence-corrected chi connectivity index (χ2v) is 6.04. The van der Waals surface area contributed by atoms with Gasteiger partial charge in [0.15, 0.2) is 0 Å². The largest absolute Gasteiger partial charge is 0.340 e. The minimum absolute atomic E-state index is 0. The molecule has 0 aliphatic carbocycles. The fourth-order valence-electron chi connectivity index (χ4n) is 3.39. The van der Waals surface area contributed by atoms with E-state index in [9.17, 15) is 4.79 Å². The lowest BCUT2D eigenvalue weighted by molar-refractivity contribution is -0.136. The van der Waals surface area contributed by atoms with Crippen LogP contribution >= 0.6 is 24.8 Å². The zero-order valence-corrected chi connectivity index (χ0v) is 15.1. The van der Waals surface area contributed by atoms with Crippen LogP contribution < -0.4 is 5.32 Å². The van der Waals surface area contributed by atoms with Gasteiger partial charge in [0, 0.05) is 26.2 Å². The molecule has 6 heteroatoms. The summed E-state index contributed by atoms with van der Waals surface area (Å²) >= 11 is 0. The van der Waals surface area contributed by atoms with Crippen molar-refractivity contribution in [3.8, 4) is 0 Å². The average Bonchev–Trinajstić information content (AvgIpc) is 2.80. The predicted octanol–water partition coefficient (Wildman–Crippen LogP) is 2.32. The highest BCUT2D eigenvalue weighted by Gasteiger charge is 2.33. The molecule has 4 nitrogen and oxygen atoms in total. The molecule has 2 saturated heterocycles. The van der Waals surface area contributed by atoms with Crippen molar-refractivity contribution in [2.24, 2.45) is 0 Å². The van der Waals surface area contributed by atoms with Gasteiger partial charge in [-0.25, -0.2) is 0 Å². The van der Waals surface area contributed by atoms with Crippen molar-refractivity contribution in [1.29, 1.82) is 0 Å². The van der Waals surface area contributed by atoms with Crippen LogP contribution in [0.3, 0.4) is 0 Å². The highest BCUT2D eigenvalue weighted by Crippen LogP contribution is 2.22. The maximum atomic E-state index is 12.8. The van der Waals surface area contributed by atoms with E-state index in [2.05, 4.69) is 39.4 Å². The van der Waals surface area contributed by atoms with Crippen LogP contribution in [0, 0.1) is 0 Å². The molecule has 3 rings (SSSR count). The Balaban J connectivity index is 0.00000132. The molecule has 1 unspecified atom stereocenters. The van der Waals surface area contributed by atoms with Gasteiger partial charge in [-0.1, -0.05) is 30.3 Å². The van der Waals surface area contributed by atoms with Crippen molar-refractivity contribution >= 4 is 30.7 Å². The summed E-state index contributed by atoms with van der Waals surface area (Å²) in [7, 11) is 0. The molecule has 2 heterocycles. The molecule has 130 valence electrons. The normalized spacial score (nSPS) is 21.9. The smallest absolute Gasteiger partial charge is 0.239 e. The van der Waals surface area contributed by atoms with Gasteiger partial charge in [0.1, 0.15) is 0 Å². The van der Waals surface area contributed by atoms with Gasteiger partial charge >= 0.3 is 0 Å². The Morgan fingerprint density at radius 2 is 1.83 bits per heavy atom. The van der Waals surface area contributed by atoms with E-state index in [1.54, 1.807) is 0 Å². The monoisotopic (exact) mass is 359 g/mol. The number of nitrogens with zero attached hydrogens (tertiary/aromatic N) is 2. The van der Waals surface area contributed by atoms with Gasteiger partial charge in [0.2, 0.25) is 5.91 Å². The first-order valence-corrected chi connectivity index (χ1v) is 8.12. The molecule has 0 spiro atoms. The molecule has 0 saturated carbocycles. The summed E-state index contributed by atoms with van der Waals surface area (Å²) in [5, 5.41) is 3.37. The summed E-state index contributed by atoms with van der Waals surface area (Å²) in [4.78, 5) is 17.2. The molecule has 1 amide bonds. The van der Waals surface area contributed by atoms with Crippen molar-refractivity contribution < 1.29 is 4.79 Å². The molecule has 2 aliphatic rings. The first-order chi connectivity index (χ1) is 10.3. The van der Waals surface area contributed by atoms with Gasteiger partial charge in [-0.05, 0) is 37.9 Å². The summed E-state index contributed by atoms with van der Waals surface area (Å²) < 4.78 is 0. The van der Waals surface area contributed by atoms with E-state index in [1.165, 1.54) is 5.56 Å². The standard InChI is InChI=1S/C17H25N3O.2ClH/c21-17(19-12-5-9-18-10-13-19)16-8-4-11-20(16)14-15-6-2-1-3-7-15;;/h1-3,6-7,16,18H,4-5,8-14H2;2*1H. The lowest BCUT2D eigenvalue weighted by atomic mass is 10.1. The maximum Gasteiger partial charge on any atom is 0.239 e. The Hall–Kier alpha value is -0.810. The van der Waals surface area contributed by atoms with Gasteiger partial charge < -0.3 is 10.2 Å². The van der Waals surface area contributed by atoms with Crippen molar-refractivity contribution in [3.63, 3.8) is 0 Å². The number of likely N-dealkylation sites (tertiary alicyclic amines) is 1. The molecule has 2 aliphatic heterocycles. The molecule has 1 aromatic carbocycles. The fourth-order valence-corrected chi connectivity index (χ4v) is 3.39. The van der Waals surface area contributed by atoms with Gasteiger partial charge in [-0.15, -0.1) is 24.8 Å². The summed E-state index contributed by atoms with van der Waals surface area (Å²) in [6.45, 7) is 5.65. The van der Waals surface area contributed by atoms with E-state index in [0.29, 0.717) is 5.91 Å². The van der Waals surface area contributed by atoms with Crippen LogP contribution in [0.25, 0.3) is 0 Å². The number of carbonyl (C=O) groups excluding carboxylic acids is 1. The Morgan fingerprint density at radius 3 is 2.61 bits per heavy atom. The van der Waals surface area contributed by atoms with E-state index in [1.807, 2.05) is 6.07 Å². The second kappa shape index (κ2) is 10.1. The van der Waals surface area contributed by atoms with Crippen LogP contribution in [0.1, 0.15) is 24.8 Å². The third kappa shape index (κ3) is 5.35. The number of amides is 1. The molecule has 1 atom stereocenters. The lowest BCUT2D eigenvalue weighted by Gasteiger charge is -2.29. The van der Waals surface area contributed by atoms with Gasteiger partial charge in [0.05, 0.1) is 6.04 Å². The summed E-state index contributed by atoms with van der Waals surface area (Å²) in [6.07, 6.45) is 3.21. The highest BCUT2D eigenvalue weighted by atomic mass is 35.5. The van der Waals surface area contributed by atoms with Crippen LogP contribution in [-0.2, 0) is 11.3 Å². The molecule has 1 aromatic rings. The third-order valence-electron chi connectivity index (χ3n) is 4.53. The van der Waals surface area contributed by atoms with E-state index in [4.69, 9.17) is 0 Å². The number of rotatable bonds is 3. The van der Waals surface area contributed by atoms with Crippen molar-refractivity contribution in [3.05, 3.63) is 35.9 Å². The fraction of sp³-hybridized carbons (Fsp3) is 0.588. The SMILES string of the molecule is Cl.Cl.O=C(C1CCCN1Cc1ccccc1)N1CCCNCC1. The minimum atomic E-state index is 0. The number of hydrogen-bond donors (Lipinski definition) is 1.